The molecule has 3 rings (SSSR count). The van der Waals surface area contributed by atoms with Crippen LogP contribution in [0.25, 0.3) is 0 Å². The van der Waals surface area contributed by atoms with Crippen molar-refractivity contribution in [1.82, 2.24) is 10.6 Å². The van der Waals surface area contributed by atoms with Gasteiger partial charge in [-0.3, -0.25) is 29.8 Å². The number of carboxylic acids is 2. The second-order valence-electron chi connectivity index (χ2n) is 6.56. The number of nitrogens with one attached hydrogen (secondary N) is 2. The molecule has 0 aliphatic carbocycles. The fourth-order valence-corrected chi connectivity index (χ4v) is 4.63. The minimum atomic E-state index is -2.13. The smallest absolute Gasteiger partial charge is 0.325 e. The normalized spacial score (nSPS) is 28.6. The standard InChI is InChI=1S/C17H17BrN2O8/c1-27-8-4-6(3-7(18)13(8)28-2)12-10-11(15(24)19-14(10)23)17(20-12,16(25)26)5-9(21)22/h3-4,10-12,20H,5H2,1-2H3,(H,21,22)(H,25,26)(H,19,23,24). The quantitative estimate of drug-likeness (QED) is 0.442. The number of ether oxygens (including phenoxy) is 2. The Morgan fingerprint density at radius 1 is 1.18 bits per heavy atom. The largest absolute Gasteiger partial charge is 0.493 e. The lowest BCUT2D eigenvalue weighted by atomic mass is 9.77. The molecular formula is C17H17BrN2O8. The molecule has 0 bridgehead atoms. The van der Waals surface area contributed by atoms with Crippen molar-refractivity contribution in [3.05, 3.63) is 22.2 Å². The van der Waals surface area contributed by atoms with E-state index in [4.69, 9.17) is 9.47 Å². The summed E-state index contributed by atoms with van der Waals surface area (Å²) in [5.41, 5.74) is -1.69. The van der Waals surface area contributed by atoms with Crippen molar-refractivity contribution in [2.24, 2.45) is 11.8 Å². The van der Waals surface area contributed by atoms with Crippen LogP contribution in [0.3, 0.4) is 0 Å². The van der Waals surface area contributed by atoms with Gasteiger partial charge in [0.2, 0.25) is 11.8 Å². The van der Waals surface area contributed by atoms with Gasteiger partial charge in [0.05, 0.1) is 36.9 Å². The number of amides is 2. The fourth-order valence-electron chi connectivity index (χ4n) is 4.01. The lowest BCUT2D eigenvalue weighted by Crippen LogP contribution is -2.56. The number of carbonyl (C=O) groups is 4. The molecule has 0 spiro atoms. The number of carboxylic acid groups (broad SMARTS) is 2. The SMILES string of the molecule is COc1cc(C2NC(CC(=O)O)(C(=O)O)C3C(=O)NC(=O)C23)cc(Br)c1OC. The van der Waals surface area contributed by atoms with Crippen molar-refractivity contribution in [1.29, 1.82) is 0 Å². The number of halogens is 1. The number of hydrogen-bond acceptors (Lipinski definition) is 7. The third-order valence-electron chi connectivity index (χ3n) is 5.12. The van der Waals surface area contributed by atoms with Gasteiger partial charge in [-0.25, -0.2) is 0 Å². The van der Waals surface area contributed by atoms with Gasteiger partial charge >= 0.3 is 11.9 Å². The Morgan fingerprint density at radius 2 is 1.86 bits per heavy atom. The van der Waals surface area contributed by atoms with Gasteiger partial charge in [0.1, 0.15) is 5.54 Å². The fraction of sp³-hybridized carbons (Fsp3) is 0.412. The maximum atomic E-state index is 12.4. The first kappa shape index (κ1) is 20.1. The molecule has 1 aromatic rings. The second-order valence-corrected chi connectivity index (χ2v) is 7.42. The number of benzene rings is 1. The van der Waals surface area contributed by atoms with Crippen LogP contribution in [0.1, 0.15) is 18.0 Å². The van der Waals surface area contributed by atoms with Crippen LogP contribution >= 0.6 is 15.9 Å². The van der Waals surface area contributed by atoms with Crippen molar-refractivity contribution < 1.29 is 38.9 Å². The molecule has 2 heterocycles. The lowest BCUT2D eigenvalue weighted by molar-refractivity contribution is -0.154. The summed E-state index contributed by atoms with van der Waals surface area (Å²) in [5, 5.41) is 23.9. The monoisotopic (exact) mass is 456 g/mol. The van der Waals surface area contributed by atoms with Crippen molar-refractivity contribution in [2.75, 3.05) is 14.2 Å². The Morgan fingerprint density at radius 3 is 2.39 bits per heavy atom. The summed E-state index contributed by atoms with van der Waals surface area (Å²) < 4.78 is 11.0. The Hall–Kier alpha value is -2.66. The number of hydrogen-bond donors (Lipinski definition) is 4. The molecule has 11 heteroatoms. The van der Waals surface area contributed by atoms with Gasteiger partial charge in [0, 0.05) is 6.04 Å². The zero-order valence-corrected chi connectivity index (χ0v) is 16.4. The van der Waals surface area contributed by atoms with Gasteiger partial charge in [-0.05, 0) is 33.6 Å². The molecule has 2 aliphatic rings. The number of fused-ring (bicyclic) bond motifs is 1. The molecule has 4 atom stereocenters. The van der Waals surface area contributed by atoms with Crippen LogP contribution in [0.5, 0.6) is 11.5 Å². The third kappa shape index (κ3) is 2.90. The van der Waals surface area contributed by atoms with E-state index < -0.39 is 53.6 Å². The summed E-state index contributed by atoms with van der Waals surface area (Å²) in [6, 6.07) is 2.22. The number of carbonyl (C=O) groups excluding carboxylic acids is 2. The maximum Gasteiger partial charge on any atom is 0.325 e. The van der Waals surface area contributed by atoms with E-state index >= 15 is 0 Å². The molecule has 2 saturated heterocycles. The number of imide groups is 1. The maximum absolute atomic E-state index is 12.4. The van der Waals surface area contributed by atoms with E-state index in [0.29, 0.717) is 21.5 Å². The Bertz CT molecular complexity index is 888. The summed E-state index contributed by atoms with van der Waals surface area (Å²) in [4.78, 5) is 48.2. The lowest BCUT2D eigenvalue weighted by Gasteiger charge is -2.28. The molecule has 28 heavy (non-hydrogen) atoms. The second kappa shape index (κ2) is 7.06. The van der Waals surface area contributed by atoms with Crippen LogP contribution in [-0.4, -0.2) is 53.7 Å². The van der Waals surface area contributed by atoms with Crippen LogP contribution in [0.2, 0.25) is 0 Å². The first-order valence-corrected chi connectivity index (χ1v) is 8.94. The van der Waals surface area contributed by atoms with Gasteiger partial charge in [-0.2, -0.15) is 0 Å². The molecule has 4 N–H and O–H groups in total. The molecule has 2 aliphatic heterocycles. The van der Waals surface area contributed by atoms with E-state index in [1.54, 1.807) is 12.1 Å². The van der Waals surface area contributed by atoms with Gasteiger partial charge in [0.15, 0.2) is 11.5 Å². The van der Waals surface area contributed by atoms with Crippen molar-refractivity contribution in [3.8, 4) is 11.5 Å². The Labute approximate surface area is 167 Å². The zero-order valence-electron chi connectivity index (χ0n) is 14.8. The highest BCUT2D eigenvalue weighted by molar-refractivity contribution is 9.10. The van der Waals surface area contributed by atoms with E-state index in [2.05, 4.69) is 26.6 Å². The average molecular weight is 457 g/mol. The zero-order chi connectivity index (χ0) is 20.8. The summed E-state index contributed by atoms with van der Waals surface area (Å²) in [6.45, 7) is 0. The van der Waals surface area contributed by atoms with Gasteiger partial charge in [-0.1, -0.05) is 0 Å². The van der Waals surface area contributed by atoms with Crippen molar-refractivity contribution >= 4 is 39.7 Å². The van der Waals surface area contributed by atoms with Gasteiger partial charge in [-0.15, -0.1) is 0 Å². The van der Waals surface area contributed by atoms with Crippen LogP contribution in [0.4, 0.5) is 0 Å². The molecule has 1 aromatic carbocycles. The highest BCUT2D eigenvalue weighted by Crippen LogP contribution is 2.49. The Balaban J connectivity index is 2.16. The molecular weight excluding hydrogens is 440 g/mol. The predicted octanol–water partition coefficient (Wildman–Crippen LogP) is 0.298. The van der Waals surface area contributed by atoms with Gasteiger partial charge < -0.3 is 19.7 Å². The van der Waals surface area contributed by atoms with Crippen LogP contribution < -0.4 is 20.1 Å². The summed E-state index contributed by atoms with van der Waals surface area (Å²) in [7, 11) is 2.86. The Kier molecular flexibility index (Phi) is 5.06. The minimum absolute atomic E-state index is 0.320. The molecule has 2 fully saturated rings. The molecule has 0 saturated carbocycles. The van der Waals surface area contributed by atoms with Crippen molar-refractivity contribution in [3.63, 3.8) is 0 Å². The van der Waals surface area contributed by atoms with Crippen LogP contribution in [0, 0.1) is 11.8 Å². The van der Waals surface area contributed by atoms with Crippen LogP contribution in [0.15, 0.2) is 16.6 Å². The number of rotatable bonds is 6. The first-order chi connectivity index (χ1) is 13.2. The third-order valence-corrected chi connectivity index (χ3v) is 5.71. The highest BCUT2D eigenvalue weighted by Gasteiger charge is 2.67. The summed E-state index contributed by atoms with van der Waals surface area (Å²) in [5.74, 6) is -6.14. The highest BCUT2D eigenvalue weighted by atomic mass is 79.9. The number of aliphatic carboxylic acids is 2. The summed E-state index contributed by atoms with van der Waals surface area (Å²) >= 11 is 3.33. The molecule has 0 aromatic heterocycles. The average Bonchev–Trinajstić information content (AvgIpc) is 3.11. The minimum Gasteiger partial charge on any atom is -0.493 e. The van der Waals surface area contributed by atoms with Gasteiger partial charge in [0.25, 0.3) is 0 Å². The first-order valence-electron chi connectivity index (χ1n) is 8.15. The van der Waals surface area contributed by atoms with Crippen molar-refractivity contribution in [2.45, 2.75) is 18.0 Å². The van der Waals surface area contributed by atoms with E-state index in [1.165, 1.54) is 14.2 Å². The molecule has 0 radical (unpaired) electrons. The number of methoxy groups -OCH3 is 2. The summed E-state index contributed by atoms with van der Waals surface area (Å²) in [6.07, 6.45) is -0.866. The molecule has 4 unspecified atom stereocenters. The molecule has 150 valence electrons. The molecule has 10 nitrogen and oxygen atoms in total. The topological polar surface area (TPSA) is 151 Å². The van der Waals surface area contributed by atoms with Crippen LogP contribution in [-0.2, 0) is 19.2 Å². The van der Waals surface area contributed by atoms with E-state index in [9.17, 15) is 29.4 Å². The predicted molar refractivity (Wildman–Crippen MR) is 95.9 cm³/mol. The molecule has 2 amide bonds. The van der Waals surface area contributed by atoms with E-state index in [0.717, 1.165) is 0 Å². The van der Waals surface area contributed by atoms with E-state index in [1.807, 2.05) is 0 Å². The van der Waals surface area contributed by atoms with E-state index in [-0.39, 0.29) is 0 Å².